The summed E-state index contributed by atoms with van der Waals surface area (Å²) in [5.41, 5.74) is -0.260. The summed E-state index contributed by atoms with van der Waals surface area (Å²) >= 11 is 0. The van der Waals surface area contributed by atoms with Crippen molar-refractivity contribution < 1.29 is 22.5 Å². The van der Waals surface area contributed by atoms with Gasteiger partial charge >= 0.3 is 0 Å². The van der Waals surface area contributed by atoms with E-state index in [1.54, 1.807) is 45.0 Å². The van der Waals surface area contributed by atoms with E-state index in [-0.39, 0.29) is 4.90 Å². The van der Waals surface area contributed by atoms with E-state index in [0.717, 1.165) is 0 Å². The smallest absolute Gasteiger partial charge is 0.262 e. The van der Waals surface area contributed by atoms with E-state index < -0.39 is 21.5 Å². The number of carbonyl (C=O) groups excluding carboxylic acids is 1. The van der Waals surface area contributed by atoms with Crippen LogP contribution >= 0.6 is 0 Å². The van der Waals surface area contributed by atoms with Gasteiger partial charge in [0.25, 0.3) is 15.9 Å². The van der Waals surface area contributed by atoms with Crippen molar-refractivity contribution in [1.82, 2.24) is 15.5 Å². The number of amides is 1. The van der Waals surface area contributed by atoms with Crippen molar-refractivity contribution in [3.8, 4) is 5.75 Å². The van der Waals surface area contributed by atoms with Gasteiger partial charge in [-0.05, 0) is 50.2 Å². The van der Waals surface area contributed by atoms with Crippen LogP contribution in [0.1, 0.15) is 35.9 Å². The Morgan fingerprint density at radius 1 is 1.10 bits per heavy atom. The topological polar surface area (TPSA) is 123 Å². The van der Waals surface area contributed by atoms with Crippen molar-refractivity contribution in [3.05, 3.63) is 65.8 Å². The van der Waals surface area contributed by atoms with Crippen LogP contribution in [-0.2, 0) is 15.6 Å². The number of ether oxygens (including phenoxy) is 1. The molecule has 0 aliphatic heterocycles. The largest absolute Gasteiger partial charge is 0.495 e. The van der Waals surface area contributed by atoms with Crippen LogP contribution in [0.2, 0.25) is 0 Å². The second-order valence-electron chi connectivity index (χ2n) is 7.05. The molecule has 0 spiro atoms. The first-order chi connectivity index (χ1) is 14.1. The molecule has 0 aliphatic carbocycles. The summed E-state index contributed by atoms with van der Waals surface area (Å²) in [6.45, 7) is 5.14. The molecule has 0 aliphatic rings. The highest BCUT2D eigenvalue weighted by Gasteiger charge is 2.29. The zero-order chi connectivity index (χ0) is 21.9. The molecule has 2 N–H and O–H groups in total. The number of rotatable bonds is 7. The normalized spacial score (nSPS) is 11.7. The maximum absolute atomic E-state index is 12.7. The van der Waals surface area contributed by atoms with E-state index in [1.165, 1.54) is 31.4 Å². The third kappa shape index (κ3) is 4.60. The molecule has 0 radical (unpaired) electrons. The molecule has 0 saturated heterocycles. The first-order valence-electron chi connectivity index (χ1n) is 9.01. The molecule has 0 saturated carbocycles. The monoisotopic (exact) mass is 430 g/mol. The number of benzene rings is 2. The molecule has 3 aromatic rings. The molecule has 0 atom stereocenters. The number of methoxy groups -OCH3 is 1. The molecule has 1 aromatic heterocycles. The van der Waals surface area contributed by atoms with Crippen LogP contribution in [0.3, 0.4) is 0 Å². The molecule has 0 fully saturated rings. The molecule has 1 heterocycles. The fourth-order valence-electron chi connectivity index (χ4n) is 2.68. The van der Waals surface area contributed by atoms with Gasteiger partial charge in [-0.3, -0.25) is 9.52 Å². The molecule has 0 unspecified atom stereocenters. The van der Waals surface area contributed by atoms with Gasteiger partial charge in [-0.2, -0.15) is 4.98 Å². The minimum atomic E-state index is -3.86. The van der Waals surface area contributed by atoms with E-state index in [9.17, 15) is 13.2 Å². The Labute approximate surface area is 174 Å². The van der Waals surface area contributed by atoms with Crippen molar-refractivity contribution in [2.24, 2.45) is 0 Å². The maximum atomic E-state index is 12.7. The first kappa shape index (κ1) is 21.3. The molecule has 1 amide bonds. The van der Waals surface area contributed by atoms with Crippen molar-refractivity contribution in [2.75, 3.05) is 11.8 Å². The molecule has 9 nitrogen and oxygen atoms in total. The minimum Gasteiger partial charge on any atom is -0.495 e. The molecule has 2 aromatic carbocycles. The summed E-state index contributed by atoms with van der Waals surface area (Å²) in [5.74, 6) is 0.734. The minimum absolute atomic E-state index is 0.0120. The van der Waals surface area contributed by atoms with Gasteiger partial charge in [0.15, 0.2) is 5.82 Å². The highest BCUT2D eigenvalue weighted by atomic mass is 32.2. The highest BCUT2D eigenvalue weighted by Crippen LogP contribution is 2.26. The highest BCUT2D eigenvalue weighted by molar-refractivity contribution is 7.92. The van der Waals surface area contributed by atoms with Gasteiger partial charge in [0, 0.05) is 12.5 Å². The van der Waals surface area contributed by atoms with Gasteiger partial charge in [0.2, 0.25) is 5.89 Å². The lowest BCUT2D eigenvalue weighted by Gasteiger charge is -2.22. The van der Waals surface area contributed by atoms with Crippen molar-refractivity contribution >= 4 is 21.6 Å². The number of para-hydroxylation sites is 2. The van der Waals surface area contributed by atoms with E-state index in [1.807, 2.05) is 0 Å². The van der Waals surface area contributed by atoms with Gasteiger partial charge < -0.3 is 14.6 Å². The number of sulfonamides is 1. The van der Waals surface area contributed by atoms with Gasteiger partial charge in [-0.15, -0.1) is 0 Å². The first-order valence-corrected chi connectivity index (χ1v) is 10.5. The SMILES string of the molecule is COc1ccccc1NS(=O)(=O)c1ccc(C(=O)NC(C)(C)c2noc(C)n2)cc1. The molecule has 10 heteroatoms. The second kappa shape index (κ2) is 8.15. The number of aryl methyl sites for hydroxylation is 1. The van der Waals surface area contributed by atoms with Crippen LogP contribution in [0.25, 0.3) is 0 Å². The summed E-state index contributed by atoms with van der Waals surface area (Å²) in [5, 5.41) is 6.65. The fraction of sp³-hybridized carbons (Fsp3) is 0.250. The predicted octanol–water partition coefficient (Wildman–Crippen LogP) is 2.85. The summed E-state index contributed by atoms with van der Waals surface area (Å²) < 4.78 is 38.0. The Kier molecular flexibility index (Phi) is 5.79. The number of carbonyl (C=O) groups is 1. The average Bonchev–Trinajstić information content (AvgIpc) is 3.15. The number of hydrogen-bond donors (Lipinski definition) is 2. The van der Waals surface area contributed by atoms with Crippen LogP contribution in [0.15, 0.2) is 57.9 Å². The zero-order valence-electron chi connectivity index (χ0n) is 17.0. The number of hydrogen-bond acceptors (Lipinski definition) is 7. The molecular formula is C20H22N4O5S. The molecule has 3 rings (SSSR count). The fourth-order valence-corrected chi connectivity index (χ4v) is 3.75. The summed E-state index contributed by atoms with van der Waals surface area (Å²) in [6.07, 6.45) is 0. The van der Waals surface area contributed by atoms with Crippen molar-refractivity contribution in [1.29, 1.82) is 0 Å². The summed E-state index contributed by atoms with van der Waals surface area (Å²) in [7, 11) is -2.40. The predicted molar refractivity (Wildman–Crippen MR) is 110 cm³/mol. The van der Waals surface area contributed by atoms with Gasteiger partial charge in [-0.1, -0.05) is 17.3 Å². The van der Waals surface area contributed by atoms with Crippen LogP contribution in [0.4, 0.5) is 5.69 Å². The van der Waals surface area contributed by atoms with E-state index >= 15 is 0 Å². The third-order valence-corrected chi connectivity index (χ3v) is 5.67. The number of aromatic nitrogens is 2. The van der Waals surface area contributed by atoms with Crippen molar-refractivity contribution in [3.63, 3.8) is 0 Å². The van der Waals surface area contributed by atoms with E-state index in [2.05, 4.69) is 20.2 Å². The maximum Gasteiger partial charge on any atom is 0.262 e. The number of nitrogens with one attached hydrogen (secondary N) is 2. The Hall–Kier alpha value is -3.40. The van der Waals surface area contributed by atoms with Gasteiger partial charge in [0.1, 0.15) is 5.75 Å². The Balaban J connectivity index is 1.76. The van der Waals surface area contributed by atoms with Crippen molar-refractivity contribution in [2.45, 2.75) is 31.2 Å². The van der Waals surface area contributed by atoms with E-state index in [0.29, 0.717) is 28.7 Å². The Morgan fingerprint density at radius 2 is 1.77 bits per heavy atom. The number of anilines is 1. The molecule has 30 heavy (non-hydrogen) atoms. The van der Waals surface area contributed by atoms with E-state index in [4.69, 9.17) is 9.26 Å². The summed E-state index contributed by atoms with van der Waals surface area (Å²) in [4.78, 5) is 16.7. The van der Waals surface area contributed by atoms with Crippen LogP contribution in [-0.4, -0.2) is 31.6 Å². The number of nitrogens with zero attached hydrogens (tertiary/aromatic N) is 2. The molecular weight excluding hydrogens is 408 g/mol. The quantitative estimate of drug-likeness (QED) is 0.591. The average molecular weight is 430 g/mol. The lowest BCUT2D eigenvalue weighted by atomic mass is 10.0. The summed E-state index contributed by atoms with van der Waals surface area (Å²) in [6, 6.07) is 12.3. The molecule has 0 bridgehead atoms. The van der Waals surface area contributed by atoms with Crippen LogP contribution in [0, 0.1) is 6.92 Å². The zero-order valence-corrected chi connectivity index (χ0v) is 17.8. The standard InChI is InChI=1S/C20H22N4O5S/c1-13-21-19(23-29-13)20(2,3)22-18(25)14-9-11-15(12-10-14)30(26,27)24-16-7-5-6-8-17(16)28-4/h5-12,24H,1-4H3,(H,22,25). The van der Waals surface area contributed by atoms with Crippen LogP contribution in [0.5, 0.6) is 5.75 Å². The Morgan fingerprint density at radius 3 is 2.37 bits per heavy atom. The third-order valence-electron chi connectivity index (χ3n) is 4.29. The van der Waals surface area contributed by atoms with Gasteiger partial charge in [-0.25, -0.2) is 8.42 Å². The lowest BCUT2D eigenvalue weighted by Crippen LogP contribution is -2.41. The van der Waals surface area contributed by atoms with Gasteiger partial charge in [0.05, 0.1) is 23.2 Å². The lowest BCUT2D eigenvalue weighted by molar-refractivity contribution is 0.0907. The second-order valence-corrected chi connectivity index (χ2v) is 8.73. The molecule has 158 valence electrons. The van der Waals surface area contributed by atoms with Crippen LogP contribution < -0.4 is 14.8 Å². The Bertz CT molecular complexity index is 1150.